The van der Waals surface area contributed by atoms with Crippen LogP contribution in [0, 0.1) is 6.92 Å². The minimum Gasteiger partial charge on any atom is -0.478 e. The van der Waals surface area contributed by atoms with Crippen molar-refractivity contribution >= 4 is 17.6 Å². The SMILES string of the molecule is CC(=O)N1CCN(c2ccc(C)cc2C(=O)O)CC1. The van der Waals surface area contributed by atoms with E-state index in [2.05, 4.69) is 0 Å². The summed E-state index contributed by atoms with van der Waals surface area (Å²) in [7, 11) is 0. The Morgan fingerprint density at radius 1 is 1.16 bits per heavy atom. The number of benzene rings is 1. The van der Waals surface area contributed by atoms with E-state index in [1.165, 1.54) is 0 Å². The molecule has 0 aliphatic carbocycles. The molecule has 1 heterocycles. The molecule has 5 nitrogen and oxygen atoms in total. The van der Waals surface area contributed by atoms with Gasteiger partial charge in [0.05, 0.1) is 11.3 Å². The number of nitrogens with zero attached hydrogens (tertiary/aromatic N) is 2. The number of carboxylic acid groups (broad SMARTS) is 1. The van der Waals surface area contributed by atoms with E-state index in [4.69, 9.17) is 0 Å². The standard InChI is InChI=1S/C14H18N2O3/c1-10-3-4-13(12(9-10)14(18)19)16-7-5-15(6-8-16)11(2)17/h3-4,9H,5-8H2,1-2H3,(H,18,19). The number of carbonyl (C=O) groups is 2. The van der Waals surface area contributed by atoms with Crippen molar-refractivity contribution in [1.29, 1.82) is 0 Å². The maximum atomic E-state index is 11.3. The number of carbonyl (C=O) groups excluding carboxylic acids is 1. The summed E-state index contributed by atoms with van der Waals surface area (Å²) in [6.07, 6.45) is 0. The number of carboxylic acids is 1. The molecular formula is C14H18N2O3. The van der Waals surface area contributed by atoms with Gasteiger partial charge < -0.3 is 14.9 Å². The highest BCUT2D eigenvalue weighted by Crippen LogP contribution is 2.23. The Bertz CT molecular complexity index is 505. The summed E-state index contributed by atoms with van der Waals surface area (Å²) in [6, 6.07) is 5.45. The zero-order chi connectivity index (χ0) is 14.0. The molecular weight excluding hydrogens is 244 g/mol. The minimum atomic E-state index is -0.910. The first-order chi connectivity index (χ1) is 8.99. The third kappa shape index (κ3) is 2.86. The third-order valence-corrected chi connectivity index (χ3v) is 3.45. The fraction of sp³-hybridized carbons (Fsp3) is 0.429. The van der Waals surface area contributed by atoms with E-state index in [1.54, 1.807) is 17.9 Å². The van der Waals surface area contributed by atoms with Gasteiger partial charge in [0.1, 0.15) is 0 Å². The van der Waals surface area contributed by atoms with Gasteiger partial charge in [-0.05, 0) is 19.1 Å². The van der Waals surface area contributed by atoms with Crippen molar-refractivity contribution in [3.05, 3.63) is 29.3 Å². The molecule has 102 valence electrons. The van der Waals surface area contributed by atoms with Gasteiger partial charge in [-0.15, -0.1) is 0 Å². The Morgan fingerprint density at radius 3 is 2.32 bits per heavy atom. The van der Waals surface area contributed by atoms with E-state index in [0.29, 0.717) is 31.7 Å². The van der Waals surface area contributed by atoms with Crippen molar-refractivity contribution in [3.8, 4) is 0 Å². The van der Waals surface area contributed by atoms with Crippen molar-refractivity contribution in [2.24, 2.45) is 0 Å². The summed E-state index contributed by atoms with van der Waals surface area (Å²) in [6.45, 7) is 6.06. The molecule has 0 atom stereocenters. The quantitative estimate of drug-likeness (QED) is 0.874. The van der Waals surface area contributed by atoms with Gasteiger partial charge in [-0.2, -0.15) is 0 Å². The number of hydrogen-bond acceptors (Lipinski definition) is 3. The predicted octanol–water partition coefficient (Wildman–Crippen LogP) is 1.36. The van der Waals surface area contributed by atoms with Crippen molar-refractivity contribution in [3.63, 3.8) is 0 Å². The highest BCUT2D eigenvalue weighted by molar-refractivity contribution is 5.94. The third-order valence-electron chi connectivity index (χ3n) is 3.45. The van der Waals surface area contributed by atoms with Crippen molar-refractivity contribution < 1.29 is 14.7 Å². The summed E-state index contributed by atoms with van der Waals surface area (Å²) < 4.78 is 0. The van der Waals surface area contributed by atoms with Gasteiger partial charge in [0.25, 0.3) is 0 Å². The molecule has 1 fully saturated rings. The molecule has 0 aromatic heterocycles. The first kappa shape index (κ1) is 13.4. The summed E-state index contributed by atoms with van der Waals surface area (Å²) >= 11 is 0. The molecule has 0 bridgehead atoms. The smallest absolute Gasteiger partial charge is 0.337 e. The summed E-state index contributed by atoms with van der Waals surface area (Å²) in [4.78, 5) is 26.4. The first-order valence-corrected chi connectivity index (χ1v) is 6.33. The van der Waals surface area contributed by atoms with E-state index >= 15 is 0 Å². The lowest BCUT2D eigenvalue weighted by Gasteiger charge is -2.36. The molecule has 0 spiro atoms. The number of piperazine rings is 1. The van der Waals surface area contributed by atoms with Crippen LogP contribution in [0.3, 0.4) is 0 Å². The molecule has 1 aromatic carbocycles. The fourth-order valence-electron chi connectivity index (χ4n) is 2.36. The molecule has 0 unspecified atom stereocenters. The van der Waals surface area contributed by atoms with Crippen LogP contribution in [0.5, 0.6) is 0 Å². The van der Waals surface area contributed by atoms with Gasteiger partial charge in [0.15, 0.2) is 0 Å². The largest absolute Gasteiger partial charge is 0.478 e. The first-order valence-electron chi connectivity index (χ1n) is 6.33. The average Bonchev–Trinajstić information content (AvgIpc) is 2.38. The molecule has 0 saturated carbocycles. The molecule has 2 rings (SSSR count). The van der Waals surface area contributed by atoms with E-state index < -0.39 is 5.97 Å². The lowest BCUT2D eigenvalue weighted by atomic mass is 10.1. The molecule has 0 radical (unpaired) electrons. The Hall–Kier alpha value is -2.04. The van der Waals surface area contributed by atoms with Crippen LogP contribution >= 0.6 is 0 Å². The minimum absolute atomic E-state index is 0.0713. The predicted molar refractivity (Wildman–Crippen MR) is 72.6 cm³/mol. The van der Waals surface area contributed by atoms with Crippen molar-refractivity contribution in [2.45, 2.75) is 13.8 Å². The Kier molecular flexibility index (Phi) is 3.74. The summed E-state index contributed by atoms with van der Waals surface area (Å²) in [5.74, 6) is -0.838. The number of amides is 1. The Morgan fingerprint density at radius 2 is 1.79 bits per heavy atom. The number of aryl methyl sites for hydroxylation is 1. The molecule has 1 aromatic rings. The van der Waals surface area contributed by atoms with Gasteiger partial charge in [-0.25, -0.2) is 4.79 Å². The lowest BCUT2D eigenvalue weighted by Crippen LogP contribution is -2.48. The summed E-state index contributed by atoms with van der Waals surface area (Å²) in [5, 5.41) is 9.27. The Labute approximate surface area is 112 Å². The second kappa shape index (κ2) is 5.30. The Balaban J connectivity index is 2.20. The van der Waals surface area contributed by atoms with Crippen LogP contribution in [0.15, 0.2) is 18.2 Å². The van der Waals surface area contributed by atoms with Crippen LogP contribution in [0.25, 0.3) is 0 Å². The van der Waals surface area contributed by atoms with Crippen LogP contribution in [0.1, 0.15) is 22.8 Å². The zero-order valence-electron chi connectivity index (χ0n) is 11.2. The maximum absolute atomic E-state index is 11.3. The normalized spacial score (nSPS) is 15.5. The zero-order valence-corrected chi connectivity index (χ0v) is 11.2. The lowest BCUT2D eigenvalue weighted by molar-refractivity contribution is -0.129. The number of rotatable bonds is 2. The van der Waals surface area contributed by atoms with Gasteiger partial charge in [-0.3, -0.25) is 4.79 Å². The number of hydrogen-bond donors (Lipinski definition) is 1. The van der Waals surface area contributed by atoms with Crippen molar-refractivity contribution in [1.82, 2.24) is 4.90 Å². The van der Waals surface area contributed by atoms with E-state index in [1.807, 2.05) is 24.0 Å². The van der Waals surface area contributed by atoms with Crippen LogP contribution < -0.4 is 4.90 Å². The van der Waals surface area contributed by atoms with E-state index in [-0.39, 0.29) is 5.91 Å². The second-order valence-corrected chi connectivity index (χ2v) is 4.82. The van der Waals surface area contributed by atoms with Crippen LogP contribution in [0.2, 0.25) is 0 Å². The van der Waals surface area contributed by atoms with Crippen LogP contribution in [-0.4, -0.2) is 48.1 Å². The highest BCUT2D eigenvalue weighted by Gasteiger charge is 2.22. The molecule has 1 saturated heterocycles. The van der Waals surface area contributed by atoms with Crippen molar-refractivity contribution in [2.75, 3.05) is 31.1 Å². The molecule has 19 heavy (non-hydrogen) atoms. The van der Waals surface area contributed by atoms with Gasteiger partial charge in [0, 0.05) is 33.1 Å². The number of aromatic carboxylic acids is 1. The van der Waals surface area contributed by atoms with Gasteiger partial charge in [0.2, 0.25) is 5.91 Å². The topological polar surface area (TPSA) is 60.9 Å². The monoisotopic (exact) mass is 262 g/mol. The molecule has 1 aliphatic heterocycles. The summed E-state index contributed by atoms with van der Waals surface area (Å²) in [5.41, 5.74) is 2.00. The molecule has 1 N–H and O–H groups in total. The van der Waals surface area contributed by atoms with Gasteiger partial charge >= 0.3 is 5.97 Å². The maximum Gasteiger partial charge on any atom is 0.337 e. The molecule has 1 aliphatic rings. The van der Waals surface area contributed by atoms with E-state index in [9.17, 15) is 14.7 Å². The molecule has 5 heteroatoms. The van der Waals surface area contributed by atoms with Crippen LogP contribution in [-0.2, 0) is 4.79 Å². The average molecular weight is 262 g/mol. The van der Waals surface area contributed by atoms with E-state index in [0.717, 1.165) is 11.3 Å². The van der Waals surface area contributed by atoms with Gasteiger partial charge in [-0.1, -0.05) is 11.6 Å². The second-order valence-electron chi connectivity index (χ2n) is 4.82. The number of anilines is 1. The fourth-order valence-corrected chi connectivity index (χ4v) is 2.36. The highest BCUT2D eigenvalue weighted by atomic mass is 16.4. The molecule has 1 amide bonds. The van der Waals surface area contributed by atoms with Crippen LogP contribution in [0.4, 0.5) is 5.69 Å².